The fraction of sp³-hybridized carbons (Fsp3) is 0.500. The number of hydrogen-bond donors (Lipinski definition) is 1. The van der Waals surface area contributed by atoms with Crippen LogP contribution in [0.5, 0.6) is 0 Å². The third-order valence-electron chi connectivity index (χ3n) is 3.07. The topological polar surface area (TPSA) is 37.3 Å². The Bertz CT molecular complexity index is 418. The molecule has 0 aromatic heterocycles. The van der Waals surface area contributed by atoms with E-state index in [1.165, 1.54) is 12.1 Å². The Hall–Kier alpha value is -1.09. The first kappa shape index (κ1) is 15.0. The third-order valence-corrected chi connectivity index (χ3v) is 3.30. The maximum absolute atomic E-state index is 13.8. The molecule has 4 heteroatoms. The normalized spacial score (nSPS) is 12.7. The SMILES string of the molecule is CC(C)C(CCCC(=O)O)c1cc(Cl)ccc1F. The van der Waals surface area contributed by atoms with E-state index in [1.54, 1.807) is 6.07 Å². The van der Waals surface area contributed by atoms with Gasteiger partial charge in [-0.3, -0.25) is 4.79 Å². The van der Waals surface area contributed by atoms with Crippen LogP contribution in [-0.2, 0) is 4.79 Å². The Morgan fingerprint density at radius 2 is 2.11 bits per heavy atom. The van der Waals surface area contributed by atoms with Crippen LogP contribution in [0.25, 0.3) is 0 Å². The molecule has 0 amide bonds. The fourth-order valence-electron chi connectivity index (χ4n) is 2.12. The van der Waals surface area contributed by atoms with Crippen molar-refractivity contribution in [3.63, 3.8) is 0 Å². The summed E-state index contributed by atoms with van der Waals surface area (Å²) in [6.07, 6.45) is 1.32. The monoisotopic (exact) mass is 272 g/mol. The van der Waals surface area contributed by atoms with Crippen molar-refractivity contribution < 1.29 is 14.3 Å². The minimum atomic E-state index is -0.816. The molecule has 2 nitrogen and oxygen atoms in total. The van der Waals surface area contributed by atoms with Gasteiger partial charge in [-0.25, -0.2) is 4.39 Å². The van der Waals surface area contributed by atoms with Crippen LogP contribution < -0.4 is 0 Å². The molecule has 1 rings (SSSR count). The van der Waals surface area contributed by atoms with Gasteiger partial charge in [-0.2, -0.15) is 0 Å². The second kappa shape index (κ2) is 6.74. The van der Waals surface area contributed by atoms with Gasteiger partial charge < -0.3 is 5.11 Å². The lowest BCUT2D eigenvalue weighted by Gasteiger charge is -2.22. The molecular weight excluding hydrogens is 255 g/mol. The van der Waals surface area contributed by atoms with E-state index in [2.05, 4.69) is 0 Å². The summed E-state index contributed by atoms with van der Waals surface area (Å²) >= 11 is 5.89. The standard InChI is InChI=1S/C14H18ClFO2/c1-9(2)11(4-3-5-14(17)18)12-8-10(15)6-7-13(12)16/h6-9,11H,3-5H2,1-2H3,(H,17,18). The number of carboxylic acids is 1. The minimum absolute atomic E-state index is 0.00282. The van der Waals surface area contributed by atoms with Crippen molar-refractivity contribution in [2.75, 3.05) is 0 Å². The van der Waals surface area contributed by atoms with Crippen molar-refractivity contribution in [1.82, 2.24) is 0 Å². The van der Waals surface area contributed by atoms with Gasteiger partial charge in [-0.05, 0) is 48.4 Å². The van der Waals surface area contributed by atoms with Crippen molar-refractivity contribution in [2.24, 2.45) is 5.92 Å². The summed E-state index contributed by atoms with van der Waals surface area (Å²) in [6.45, 7) is 4.01. The van der Waals surface area contributed by atoms with Crippen molar-refractivity contribution in [3.05, 3.63) is 34.6 Å². The molecule has 100 valence electrons. The molecule has 1 atom stereocenters. The van der Waals surface area contributed by atoms with E-state index >= 15 is 0 Å². The highest BCUT2D eigenvalue weighted by Crippen LogP contribution is 2.32. The van der Waals surface area contributed by atoms with Gasteiger partial charge in [0.25, 0.3) is 0 Å². The summed E-state index contributed by atoms with van der Waals surface area (Å²) in [5, 5.41) is 9.15. The number of carbonyl (C=O) groups is 1. The Morgan fingerprint density at radius 3 is 2.67 bits per heavy atom. The maximum atomic E-state index is 13.8. The first-order valence-corrected chi connectivity index (χ1v) is 6.46. The fourth-order valence-corrected chi connectivity index (χ4v) is 2.30. The van der Waals surface area contributed by atoms with Gasteiger partial charge in [0.1, 0.15) is 5.82 Å². The van der Waals surface area contributed by atoms with Crippen molar-refractivity contribution >= 4 is 17.6 Å². The Labute approximate surface area is 112 Å². The summed E-state index contributed by atoms with van der Waals surface area (Å²) in [5.41, 5.74) is 0.586. The van der Waals surface area contributed by atoms with Crippen LogP contribution in [0.15, 0.2) is 18.2 Å². The molecule has 0 radical (unpaired) electrons. The molecule has 18 heavy (non-hydrogen) atoms. The van der Waals surface area contributed by atoms with Gasteiger partial charge in [-0.1, -0.05) is 25.4 Å². The number of carboxylic acid groups (broad SMARTS) is 1. The largest absolute Gasteiger partial charge is 0.481 e. The molecule has 0 heterocycles. The Morgan fingerprint density at radius 1 is 1.44 bits per heavy atom. The van der Waals surface area contributed by atoms with Gasteiger partial charge >= 0.3 is 5.97 Å². The van der Waals surface area contributed by atoms with Crippen molar-refractivity contribution in [1.29, 1.82) is 0 Å². The highest BCUT2D eigenvalue weighted by Gasteiger charge is 2.19. The zero-order valence-corrected chi connectivity index (χ0v) is 11.4. The number of aliphatic carboxylic acids is 1. The van der Waals surface area contributed by atoms with Crippen molar-refractivity contribution in [2.45, 2.75) is 39.0 Å². The third kappa shape index (κ3) is 4.30. The zero-order valence-electron chi connectivity index (χ0n) is 10.6. The lowest BCUT2D eigenvalue weighted by Crippen LogP contribution is -2.10. The van der Waals surface area contributed by atoms with Gasteiger partial charge in [-0.15, -0.1) is 0 Å². The van der Waals surface area contributed by atoms with Crippen LogP contribution in [0.1, 0.15) is 44.6 Å². The van der Waals surface area contributed by atoms with E-state index in [1.807, 2.05) is 13.8 Å². The average Bonchev–Trinajstić information content (AvgIpc) is 2.27. The first-order chi connectivity index (χ1) is 8.41. The minimum Gasteiger partial charge on any atom is -0.481 e. The van der Waals surface area contributed by atoms with Crippen LogP contribution in [0.2, 0.25) is 5.02 Å². The molecule has 0 aliphatic rings. The molecule has 1 aromatic carbocycles. The predicted octanol–water partition coefficient (Wildman–Crippen LogP) is 4.47. The van der Waals surface area contributed by atoms with E-state index in [4.69, 9.17) is 16.7 Å². The highest BCUT2D eigenvalue weighted by atomic mass is 35.5. The molecule has 0 saturated heterocycles. The molecule has 0 spiro atoms. The number of hydrogen-bond acceptors (Lipinski definition) is 1. The molecule has 0 bridgehead atoms. The van der Waals surface area contributed by atoms with Crippen LogP contribution in [0, 0.1) is 11.7 Å². The zero-order chi connectivity index (χ0) is 13.7. The molecule has 1 aromatic rings. The smallest absolute Gasteiger partial charge is 0.303 e. The summed E-state index contributed by atoms with van der Waals surface area (Å²) in [4.78, 5) is 10.5. The molecule has 0 aliphatic carbocycles. The lowest BCUT2D eigenvalue weighted by molar-refractivity contribution is -0.137. The van der Waals surface area contributed by atoms with Crippen molar-refractivity contribution in [3.8, 4) is 0 Å². The molecule has 0 saturated carbocycles. The highest BCUT2D eigenvalue weighted by molar-refractivity contribution is 6.30. The van der Waals surface area contributed by atoms with E-state index < -0.39 is 5.97 Å². The molecule has 0 aliphatic heterocycles. The van der Waals surface area contributed by atoms with E-state index in [0.29, 0.717) is 23.4 Å². The maximum Gasteiger partial charge on any atom is 0.303 e. The number of rotatable bonds is 6. The summed E-state index contributed by atoms with van der Waals surface area (Å²) in [7, 11) is 0. The second-order valence-electron chi connectivity index (χ2n) is 4.80. The number of benzene rings is 1. The molecule has 0 fully saturated rings. The first-order valence-electron chi connectivity index (χ1n) is 6.08. The molecule has 1 N–H and O–H groups in total. The Kier molecular flexibility index (Phi) is 5.60. The van der Waals surface area contributed by atoms with Gasteiger partial charge in [0.15, 0.2) is 0 Å². The van der Waals surface area contributed by atoms with Gasteiger partial charge in [0.05, 0.1) is 0 Å². The summed E-state index contributed by atoms with van der Waals surface area (Å²) < 4.78 is 13.8. The average molecular weight is 273 g/mol. The van der Waals surface area contributed by atoms with Crippen LogP contribution in [0.4, 0.5) is 4.39 Å². The van der Waals surface area contributed by atoms with E-state index in [-0.39, 0.29) is 24.1 Å². The molecule has 1 unspecified atom stereocenters. The van der Waals surface area contributed by atoms with Gasteiger partial charge in [0, 0.05) is 11.4 Å². The second-order valence-corrected chi connectivity index (χ2v) is 5.24. The van der Waals surface area contributed by atoms with Gasteiger partial charge in [0.2, 0.25) is 0 Å². The number of halogens is 2. The van der Waals surface area contributed by atoms with E-state index in [9.17, 15) is 9.18 Å². The predicted molar refractivity (Wildman–Crippen MR) is 70.5 cm³/mol. The molecular formula is C14H18ClFO2. The Balaban J connectivity index is 2.83. The quantitative estimate of drug-likeness (QED) is 0.829. The lowest BCUT2D eigenvalue weighted by atomic mass is 9.84. The van der Waals surface area contributed by atoms with Crippen LogP contribution in [0.3, 0.4) is 0 Å². The van der Waals surface area contributed by atoms with Crippen LogP contribution in [-0.4, -0.2) is 11.1 Å². The van der Waals surface area contributed by atoms with Crippen LogP contribution >= 0.6 is 11.6 Å². The summed E-state index contributed by atoms with van der Waals surface area (Å²) in [6, 6.07) is 4.53. The summed E-state index contributed by atoms with van der Waals surface area (Å²) in [5.74, 6) is -0.840. The van der Waals surface area contributed by atoms with E-state index in [0.717, 1.165) is 0 Å².